The van der Waals surface area contributed by atoms with Gasteiger partial charge in [0.15, 0.2) is 17.7 Å². The van der Waals surface area contributed by atoms with Gasteiger partial charge in [0, 0.05) is 11.3 Å². The maximum Gasteiger partial charge on any atom is 0.231 e. The lowest BCUT2D eigenvalue weighted by atomic mass is 9.95. The Morgan fingerprint density at radius 2 is 2.22 bits per heavy atom. The van der Waals surface area contributed by atoms with E-state index in [1.807, 2.05) is 0 Å². The lowest BCUT2D eigenvalue weighted by Gasteiger charge is -2.33. The van der Waals surface area contributed by atoms with Gasteiger partial charge in [0.25, 0.3) is 0 Å². The molecule has 0 amide bonds. The number of nitriles is 1. The van der Waals surface area contributed by atoms with Gasteiger partial charge in [-0.25, -0.2) is 0 Å². The molecule has 0 saturated heterocycles. The third-order valence-electron chi connectivity index (χ3n) is 5.83. The molecule has 1 aromatic heterocycles. The van der Waals surface area contributed by atoms with Gasteiger partial charge in [0.05, 0.1) is 31.8 Å². The fourth-order valence-corrected chi connectivity index (χ4v) is 5.74. The number of aryl methyl sites for hydroxylation is 1. The average molecular weight is 384 g/mol. The molecule has 2 aliphatic heterocycles. The molecular formula is C20H22N3O3S+. The van der Waals surface area contributed by atoms with Crippen LogP contribution in [0.25, 0.3) is 0 Å². The first-order chi connectivity index (χ1) is 13.2. The minimum Gasteiger partial charge on any atom is -0.492 e. The van der Waals surface area contributed by atoms with Crippen molar-refractivity contribution in [3.8, 4) is 23.3 Å². The first-order valence-corrected chi connectivity index (χ1v) is 10.2. The number of benzene rings is 1. The maximum absolute atomic E-state index is 9.74. The first-order valence-electron chi connectivity index (χ1n) is 9.34. The molecule has 7 heteroatoms. The number of methoxy groups -OCH3 is 1. The largest absolute Gasteiger partial charge is 0.492 e. The summed E-state index contributed by atoms with van der Waals surface area (Å²) in [4.78, 5) is 2.71. The number of hydrogen-bond acceptors (Lipinski definition) is 6. The van der Waals surface area contributed by atoms with Gasteiger partial charge in [-0.05, 0) is 36.5 Å². The molecule has 0 spiro atoms. The van der Waals surface area contributed by atoms with Gasteiger partial charge >= 0.3 is 0 Å². The number of nitrogens with one attached hydrogen (secondary N) is 2. The van der Waals surface area contributed by atoms with Crippen LogP contribution in [0.1, 0.15) is 39.7 Å². The van der Waals surface area contributed by atoms with Crippen molar-refractivity contribution >= 4 is 16.3 Å². The number of likely N-dealkylation sites (N-methyl/N-ethyl adjacent to an activating group) is 1. The van der Waals surface area contributed by atoms with Crippen LogP contribution < -0.4 is 24.4 Å². The topological polar surface area (TPSA) is 68.0 Å². The van der Waals surface area contributed by atoms with Crippen LogP contribution in [0.4, 0.5) is 5.00 Å². The van der Waals surface area contributed by atoms with Gasteiger partial charge in [-0.3, -0.25) is 0 Å². The van der Waals surface area contributed by atoms with Gasteiger partial charge in [-0.15, -0.1) is 11.3 Å². The summed E-state index contributed by atoms with van der Waals surface area (Å²) in [5.41, 5.74) is 4.41. The second-order valence-corrected chi connectivity index (χ2v) is 8.42. The van der Waals surface area contributed by atoms with Crippen LogP contribution in [0, 0.1) is 11.3 Å². The molecule has 2 aromatic rings. The zero-order valence-electron chi connectivity index (χ0n) is 15.5. The molecule has 3 aliphatic rings. The highest BCUT2D eigenvalue weighted by Gasteiger charge is 2.37. The number of anilines is 1. The summed E-state index contributed by atoms with van der Waals surface area (Å²) in [6.45, 7) is 1.23. The molecule has 5 rings (SSSR count). The Labute approximate surface area is 162 Å². The van der Waals surface area contributed by atoms with Crippen molar-refractivity contribution < 1.29 is 19.1 Å². The Balaban J connectivity index is 1.60. The van der Waals surface area contributed by atoms with Gasteiger partial charge in [-0.2, -0.15) is 5.26 Å². The SMILES string of the molecule is COc1c2c(cc3c1[C@@H](Nc1sc4c(c1C#N)CCC4)[NH+](C)CC3)OCO2. The van der Waals surface area contributed by atoms with Gasteiger partial charge in [0.2, 0.25) is 12.5 Å². The van der Waals surface area contributed by atoms with E-state index in [-0.39, 0.29) is 13.0 Å². The lowest BCUT2D eigenvalue weighted by Crippen LogP contribution is -3.11. The molecule has 2 N–H and O–H groups in total. The monoisotopic (exact) mass is 384 g/mol. The molecule has 1 aromatic carbocycles. The molecule has 140 valence electrons. The number of quaternary nitrogens is 1. The number of nitrogens with zero attached hydrogens (tertiary/aromatic N) is 1. The number of ether oxygens (including phenoxy) is 3. The van der Waals surface area contributed by atoms with Gasteiger partial charge < -0.3 is 24.4 Å². The van der Waals surface area contributed by atoms with Crippen LogP contribution in [0.3, 0.4) is 0 Å². The van der Waals surface area contributed by atoms with E-state index in [0.29, 0.717) is 5.75 Å². The minimum atomic E-state index is 0.00377. The number of thiophene rings is 1. The second-order valence-electron chi connectivity index (χ2n) is 7.31. The average Bonchev–Trinajstić information content (AvgIpc) is 3.37. The van der Waals surface area contributed by atoms with Crippen LogP contribution in [-0.4, -0.2) is 27.5 Å². The van der Waals surface area contributed by atoms with Crippen LogP contribution in [-0.2, 0) is 19.3 Å². The number of fused-ring (bicyclic) bond motifs is 3. The highest BCUT2D eigenvalue weighted by molar-refractivity contribution is 7.16. The van der Waals surface area contributed by atoms with Crippen molar-refractivity contribution in [2.45, 2.75) is 31.8 Å². The van der Waals surface area contributed by atoms with Crippen LogP contribution in [0.2, 0.25) is 0 Å². The predicted molar refractivity (Wildman–Crippen MR) is 102 cm³/mol. The summed E-state index contributed by atoms with van der Waals surface area (Å²) < 4.78 is 17.0. The standard InChI is InChI=1S/C20H21N3O3S/c1-23-7-6-11-8-14-17(26-10-25-14)18(24-2)16(11)19(23)22-20-13(9-21)12-4-3-5-15(12)27-20/h8,19,22H,3-7,10H2,1-2H3/p+1/t19-/m0/s1. The van der Waals surface area contributed by atoms with Crippen molar-refractivity contribution in [1.29, 1.82) is 5.26 Å². The number of hydrogen-bond donors (Lipinski definition) is 2. The summed E-state index contributed by atoms with van der Waals surface area (Å²) >= 11 is 1.74. The van der Waals surface area contributed by atoms with E-state index in [4.69, 9.17) is 14.2 Å². The normalized spacial score (nSPS) is 22.1. The first kappa shape index (κ1) is 16.7. The third-order valence-corrected chi connectivity index (χ3v) is 7.05. The Morgan fingerprint density at radius 3 is 3.04 bits per heavy atom. The Hall–Kier alpha value is -2.43. The molecule has 0 saturated carbocycles. The highest BCUT2D eigenvalue weighted by atomic mass is 32.1. The zero-order chi connectivity index (χ0) is 18.5. The molecule has 2 atom stereocenters. The lowest BCUT2D eigenvalue weighted by molar-refractivity contribution is -0.910. The van der Waals surface area contributed by atoms with Crippen LogP contribution in [0.15, 0.2) is 6.07 Å². The van der Waals surface area contributed by atoms with Crippen molar-refractivity contribution in [3.63, 3.8) is 0 Å². The molecule has 0 fully saturated rings. The maximum atomic E-state index is 9.74. The van der Waals surface area contributed by atoms with Crippen molar-refractivity contribution in [2.24, 2.45) is 0 Å². The molecule has 0 radical (unpaired) electrons. The predicted octanol–water partition coefficient (Wildman–Crippen LogP) is 2.03. The number of rotatable bonds is 3. The van der Waals surface area contributed by atoms with E-state index in [1.54, 1.807) is 18.4 Å². The smallest absolute Gasteiger partial charge is 0.231 e. The van der Waals surface area contributed by atoms with Gasteiger partial charge in [0.1, 0.15) is 11.1 Å². The molecule has 27 heavy (non-hydrogen) atoms. The summed E-state index contributed by atoms with van der Waals surface area (Å²) in [7, 11) is 3.86. The van der Waals surface area contributed by atoms with E-state index in [2.05, 4.69) is 24.5 Å². The summed E-state index contributed by atoms with van der Waals surface area (Å²) in [6, 6.07) is 4.52. The molecule has 6 nitrogen and oxygen atoms in total. The molecule has 1 unspecified atom stereocenters. The molecule has 3 heterocycles. The highest BCUT2D eigenvalue weighted by Crippen LogP contribution is 2.48. The zero-order valence-corrected chi connectivity index (χ0v) is 16.3. The van der Waals surface area contributed by atoms with Crippen LogP contribution in [0.5, 0.6) is 17.2 Å². The Morgan fingerprint density at radius 1 is 1.33 bits per heavy atom. The van der Waals surface area contributed by atoms with E-state index in [9.17, 15) is 5.26 Å². The van der Waals surface area contributed by atoms with E-state index in [1.165, 1.54) is 20.9 Å². The minimum absolute atomic E-state index is 0.00377. The summed E-state index contributed by atoms with van der Waals surface area (Å²) in [5.74, 6) is 2.20. The van der Waals surface area contributed by atoms with Crippen molar-refractivity contribution in [1.82, 2.24) is 0 Å². The summed E-state index contributed by atoms with van der Waals surface area (Å²) in [6.07, 6.45) is 4.22. The fourth-order valence-electron chi connectivity index (χ4n) is 4.48. The summed E-state index contributed by atoms with van der Waals surface area (Å²) in [5, 5.41) is 14.4. The van der Waals surface area contributed by atoms with E-state index < -0.39 is 0 Å². The van der Waals surface area contributed by atoms with Crippen molar-refractivity contribution in [3.05, 3.63) is 33.2 Å². The fraction of sp³-hybridized carbons (Fsp3) is 0.450. The molecular weight excluding hydrogens is 362 g/mol. The Bertz CT molecular complexity index is 963. The third kappa shape index (κ3) is 2.47. The van der Waals surface area contributed by atoms with E-state index >= 15 is 0 Å². The molecule has 0 bridgehead atoms. The Kier molecular flexibility index (Phi) is 3.92. The van der Waals surface area contributed by atoms with E-state index in [0.717, 1.165) is 59.9 Å². The van der Waals surface area contributed by atoms with Crippen molar-refractivity contribution in [2.75, 3.05) is 32.8 Å². The van der Waals surface area contributed by atoms with Gasteiger partial charge in [-0.1, -0.05) is 0 Å². The second kappa shape index (κ2) is 6.32. The molecule has 1 aliphatic carbocycles. The van der Waals surface area contributed by atoms with Crippen LogP contribution >= 0.6 is 11.3 Å². The quantitative estimate of drug-likeness (QED) is 0.848.